The molecule has 1 rings (SSSR count). The smallest absolute Gasteiger partial charge is 0.306 e. The second-order valence-electron chi connectivity index (χ2n) is 3.84. The van der Waals surface area contributed by atoms with Crippen molar-refractivity contribution in [1.29, 1.82) is 0 Å². The second-order valence-corrected chi connectivity index (χ2v) is 3.84. The molecule has 1 fully saturated rings. The summed E-state index contributed by atoms with van der Waals surface area (Å²) in [7, 11) is 0. The lowest BCUT2D eigenvalue weighted by Gasteiger charge is -2.26. The van der Waals surface area contributed by atoms with Crippen LogP contribution in [0.25, 0.3) is 0 Å². The molecule has 15 heavy (non-hydrogen) atoms. The molecule has 82 valence electrons. The van der Waals surface area contributed by atoms with Crippen LogP contribution in [0.2, 0.25) is 0 Å². The number of terminal acetylenes is 1. The van der Waals surface area contributed by atoms with Gasteiger partial charge in [-0.15, -0.1) is 6.42 Å². The summed E-state index contributed by atoms with van der Waals surface area (Å²) in [6, 6.07) is 0.0986. The summed E-state index contributed by atoms with van der Waals surface area (Å²) < 4.78 is 0. The van der Waals surface area contributed by atoms with Crippen LogP contribution in [-0.2, 0) is 9.59 Å². The number of hydrogen-bond donors (Lipinski definition) is 2. The molecule has 0 aromatic heterocycles. The van der Waals surface area contributed by atoms with E-state index in [2.05, 4.69) is 11.2 Å². The van der Waals surface area contributed by atoms with Crippen molar-refractivity contribution in [2.45, 2.75) is 38.1 Å². The van der Waals surface area contributed by atoms with Gasteiger partial charge in [0.15, 0.2) is 0 Å². The minimum Gasteiger partial charge on any atom is -0.481 e. The normalized spacial score (nSPS) is 25.3. The number of nitrogens with one attached hydrogen (secondary N) is 1. The Balaban J connectivity index is 2.29. The third-order valence-electron chi connectivity index (χ3n) is 2.70. The van der Waals surface area contributed by atoms with Gasteiger partial charge in [0.05, 0.1) is 12.3 Å². The number of carboxylic acid groups (broad SMARTS) is 1. The average molecular weight is 209 g/mol. The molecule has 4 nitrogen and oxygen atoms in total. The molecule has 2 N–H and O–H groups in total. The van der Waals surface area contributed by atoms with Crippen LogP contribution in [0.1, 0.15) is 32.1 Å². The van der Waals surface area contributed by atoms with Crippen molar-refractivity contribution in [1.82, 2.24) is 5.32 Å². The highest BCUT2D eigenvalue weighted by atomic mass is 16.4. The Bertz CT molecular complexity index is 285. The van der Waals surface area contributed by atoms with Crippen molar-refractivity contribution in [2.24, 2.45) is 5.92 Å². The fourth-order valence-corrected chi connectivity index (χ4v) is 1.86. The van der Waals surface area contributed by atoms with Gasteiger partial charge in [-0.3, -0.25) is 9.59 Å². The standard InChI is InChI=1S/C11H15NO3/c1-2-3-10(13)12-9-6-4-8(5-7-9)11(14)15/h1,8-9H,3-7H2,(H,12,13)(H,14,15). The van der Waals surface area contributed by atoms with Crippen LogP contribution in [0.15, 0.2) is 0 Å². The predicted octanol–water partition coefficient (Wildman–Crippen LogP) is 0.769. The van der Waals surface area contributed by atoms with Crippen LogP contribution in [0.3, 0.4) is 0 Å². The number of carbonyl (C=O) groups excluding carboxylic acids is 1. The van der Waals surface area contributed by atoms with Crippen LogP contribution in [0, 0.1) is 18.3 Å². The minimum absolute atomic E-state index is 0.0961. The Morgan fingerprint density at radius 3 is 2.40 bits per heavy atom. The van der Waals surface area contributed by atoms with Crippen molar-refractivity contribution in [3.63, 3.8) is 0 Å². The lowest BCUT2D eigenvalue weighted by atomic mass is 9.86. The van der Waals surface area contributed by atoms with Gasteiger partial charge in [0.2, 0.25) is 5.91 Å². The second kappa shape index (κ2) is 5.40. The van der Waals surface area contributed by atoms with Crippen LogP contribution in [-0.4, -0.2) is 23.0 Å². The summed E-state index contributed by atoms with van der Waals surface area (Å²) in [5, 5.41) is 11.6. The van der Waals surface area contributed by atoms with Crippen LogP contribution < -0.4 is 5.32 Å². The third-order valence-corrected chi connectivity index (χ3v) is 2.70. The van der Waals surface area contributed by atoms with Gasteiger partial charge in [-0.05, 0) is 25.7 Å². The van der Waals surface area contributed by atoms with E-state index in [0.717, 1.165) is 12.8 Å². The summed E-state index contributed by atoms with van der Waals surface area (Å²) in [4.78, 5) is 21.8. The average Bonchev–Trinajstić information content (AvgIpc) is 2.18. The zero-order chi connectivity index (χ0) is 11.3. The first-order valence-electron chi connectivity index (χ1n) is 5.09. The summed E-state index contributed by atoms with van der Waals surface area (Å²) in [6.07, 6.45) is 7.83. The van der Waals surface area contributed by atoms with Gasteiger partial charge < -0.3 is 10.4 Å². The lowest BCUT2D eigenvalue weighted by molar-refractivity contribution is -0.142. The SMILES string of the molecule is C#CCC(=O)NC1CCC(C(=O)O)CC1. The zero-order valence-corrected chi connectivity index (χ0v) is 8.53. The fourth-order valence-electron chi connectivity index (χ4n) is 1.86. The molecule has 0 heterocycles. The summed E-state index contributed by atoms with van der Waals surface area (Å²) in [5.74, 6) is 1.16. The van der Waals surface area contributed by atoms with E-state index in [1.54, 1.807) is 0 Å². The number of aliphatic carboxylic acids is 1. The molecule has 0 atom stereocenters. The molecule has 0 radical (unpaired) electrons. The van der Waals surface area contributed by atoms with Gasteiger partial charge in [0.1, 0.15) is 0 Å². The maximum Gasteiger partial charge on any atom is 0.306 e. The third kappa shape index (κ3) is 3.62. The zero-order valence-electron chi connectivity index (χ0n) is 8.53. The van der Waals surface area contributed by atoms with Gasteiger partial charge in [0, 0.05) is 6.04 Å². The van der Waals surface area contributed by atoms with E-state index in [0.29, 0.717) is 12.8 Å². The van der Waals surface area contributed by atoms with Crippen molar-refractivity contribution < 1.29 is 14.7 Å². The highest BCUT2D eigenvalue weighted by molar-refractivity contribution is 5.78. The van der Waals surface area contributed by atoms with Crippen molar-refractivity contribution in [3.05, 3.63) is 0 Å². The van der Waals surface area contributed by atoms with Crippen LogP contribution >= 0.6 is 0 Å². The van der Waals surface area contributed by atoms with Crippen molar-refractivity contribution in [3.8, 4) is 12.3 Å². The van der Waals surface area contributed by atoms with E-state index in [1.165, 1.54) is 0 Å². The summed E-state index contributed by atoms with van der Waals surface area (Å²) in [6.45, 7) is 0. The topological polar surface area (TPSA) is 66.4 Å². The van der Waals surface area contributed by atoms with E-state index in [-0.39, 0.29) is 24.3 Å². The number of hydrogen-bond acceptors (Lipinski definition) is 2. The number of carbonyl (C=O) groups is 2. The predicted molar refractivity (Wildman–Crippen MR) is 55.0 cm³/mol. The Morgan fingerprint density at radius 2 is 1.93 bits per heavy atom. The molecule has 0 aliphatic heterocycles. The van der Waals surface area contributed by atoms with Gasteiger partial charge in [-0.1, -0.05) is 5.92 Å². The van der Waals surface area contributed by atoms with Crippen molar-refractivity contribution in [2.75, 3.05) is 0 Å². The van der Waals surface area contributed by atoms with Gasteiger partial charge in [-0.25, -0.2) is 0 Å². The molecule has 1 aliphatic carbocycles. The molecule has 1 aliphatic rings. The molecule has 1 amide bonds. The number of carboxylic acids is 1. The highest BCUT2D eigenvalue weighted by Gasteiger charge is 2.26. The van der Waals surface area contributed by atoms with E-state index >= 15 is 0 Å². The highest BCUT2D eigenvalue weighted by Crippen LogP contribution is 2.24. The van der Waals surface area contributed by atoms with E-state index in [9.17, 15) is 9.59 Å². The van der Waals surface area contributed by atoms with Gasteiger partial charge in [-0.2, -0.15) is 0 Å². The molecule has 0 spiro atoms. The maximum atomic E-state index is 11.2. The van der Waals surface area contributed by atoms with Crippen LogP contribution in [0.5, 0.6) is 0 Å². The Labute approximate surface area is 89.0 Å². The van der Waals surface area contributed by atoms with E-state index in [1.807, 2.05) is 0 Å². The quantitative estimate of drug-likeness (QED) is 0.675. The molecular formula is C11H15NO3. The first-order valence-corrected chi connectivity index (χ1v) is 5.09. The van der Waals surface area contributed by atoms with Gasteiger partial charge in [0.25, 0.3) is 0 Å². The maximum absolute atomic E-state index is 11.2. The molecular weight excluding hydrogens is 194 g/mol. The molecule has 4 heteroatoms. The Hall–Kier alpha value is -1.50. The fraction of sp³-hybridized carbons (Fsp3) is 0.636. The van der Waals surface area contributed by atoms with E-state index < -0.39 is 5.97 Å². The van der Waals surface area contributed by atoms with Gasteiger partial charge >= 0.3 is 5.97 Å². The molecule has 1 saturated carbocycles. The summed E-state index contributed by atoms with van der Waals surface area (Å²) in [5.41, 5.74) is 0. The largest absolute Gasteiger partial charge is 0.481 e. The first-order chi connectivity index (χ1) is 7.13. The summed E-state index contributed by atoms with van der Waals surface area (Å²) >= 11 is 0. The molecule has 0 aromatic rings. The van der Waals surface area contributed by atoms with Crippen molar-refractivity contribution >= 4 is 11.9 Å². The monoisotopic (exact) mass is 209 g/mol. The molecule has 0 aromatic carbocycles. The Morgan fingerprint density at radius 1 is 1.33 bits per heavy atom. The Kier molecular flexibility index (Phi) is 4.17. The molecule has 0 bridgehead atoms. The van der Waals surface area contributed by atoms with E-state index in [4.69, 9.17) is 11.5 Å². The lowest BCUT2D eigenvalue weighted by Crippen LogP contribution is -2.38. The first kappa shape index (κ1) is 11.6. The van der Waals surface area contributed by atoms with Crippen LogP contribution in [0.4, 0.5) is 0 Å². The number of amides is 1. The molecule has 0 saturated heterocycles. The minimum atomic E-state index is -0.733. The number of rotatable bonds is 3. The molecule has 0 unspecified atom stereocenters.